The fraction of sp³-hybridized carbons (Fsp3) is 0.480. The van der Waals surface area contributed by atoms with E-state index in [-0.39, 0.29) is 11.9 Å². The Bertz CT molecular complexity index is 1140. The van der Waals surface area contributed by atoms with Gasteiger partial charge in [0.2, 0.25) is 0 Å². The van der Waals surface area contributed by atoms with Gasteiger partial charge in [-0.25, -0.2) is 9.97 Å². The Labute approximate surface area is 194 Å². The van der Waals surface area contributed by atoms with E-state index >= 15 is 0 Å². The van der Waals surface area contributed by atoms with E-state index in [0.29, 0.717) is 6.04 Å². The average molecular weight is 446 g/mol. The van der Waals surface area contributed by atoms with Crippen molar-refractivity contribution in [1.82, 2.24) is 24.8 Å². The number of carbonyl (C=O) groups excluding carboxylic acids is 1. The first kappa shape index (κ1) is 20.5. The Morgan fingerprint density at radius 3 is 2.58 bits per heavy atom. The third kappa shape index (κ3) is 3.62. The largest absolute Gasteiger partial charge is 0.369 e. The second-order valence-corrected chi connectivity index (χ2v) is 9.53. The highest BCUT2D eigenvalue weighted by atomic mass is 16.2. The third-order valence-corrected chi connectivity index (χ3v) is 7.66. The van der Waals surface area contributed by atoms with Crippen LogP contribution in [0.5, 0.6) is 0 Å². The second kappa shape index (κ2) is 8.33. The van der Waals surface area contributed by atoms with Gasteiger partial charge in [0.1, 0.15) is 17.8 Å². The number of likely N-dealkylation sites (tertiary alicyclic amines) is 1. The number of carbonyl (C=O) groups is 1. The lowest BCUT2D eigenvalue weighted by molar-refractivity contribution is 0.0608. The van der Waals surface area contributed by atoms with E-state index in [0.717, 1.165) is 80.9 Å². The van der Waals surface area contributed by atoms with E-state index in [1.165, 1.54) is 5.69 Å². The van der Waals surface area contributed by atoms with Crippen LogP contribution in [0.4, 0.5) is 11.5 Å². The number of nitrogens with one attached hydrogen (secondary N) is 1. The van der Waals surface area contributed by atoms with Gasteiger partial charge in [-0.15, -0.1) is 0 Å². The number of amides is 1. The minimum atomic E-state index is 0.158. The Morgan fingerprint density at radius 2 is 1.76 bits per heavy atom. The highest BCUT2D eigenvalue weighted by Crippen LogP contribution is 2.36. The van der Waals surface area contributed by atoms with Crippen LogP contribution < -0.4 is 9.80 Å². The number of likely N-dealkylation sites (N-methyl/N-ethyl adjacent to an activating group) is 1. The molecule has 3 aromatic rings. The summed E-state index contributed by atoms with van der Waals surface area (Å²) in [5.41, 5.74) is 2.87. The van der Waals surface area contributed by atoms with Gasteiger partial charge >= 0.3 is 0 Å². The summed E-state index contributed by atoms with van der Waals surface area (Å²) < 4.78 is 0. The van der Waals surface area contributed by atoms with Crippen LogP contribution in [0.3, 0.4) is 0 Å². The van der Waals surface area contributed by atoms with Crippen molar-refractivity contribution in [1.29, 1.82) is 0 Å². The van der Waals surface area contributed by atoms with Crippen LogP contribution >= 0.6 is 0 Å². The van der Waals surface area contributed by atoms with Crippen LogP contribution in [0.25, 0.3) is 11.0 Å². The van der Waals surface area contributed by atoms with Gasteiger partial charge in [-0.05, 0) is 56.6 Å². The van der Waals surface area contributed by atoms with Crippen molar-refractivity contribution in [3.63, 3.8) is 0 Å². The summed E-state index contributed by atoms with van der Waals surface area (Å²) in [5, 5.41) is 1.06. The van der Waals surface area contributed by atoms with E-state index in [1.807, 2.05) is 24.4 Å². The number of aromatic nitrogens is 3. The summed E-state index contributed by atoms with van der Waals surface area (Å²) in [7, 11) is 2.17. The molecule has 0 aliphatic carbocycles. The quantitative estimate of drug-likeness (QED) is 0.668. The maximum absolute atomic E-state index is 13.5. The van der Waals surface area contributed by atoms with E-state index in [9.17, 15) is 4.79 Å². The Balaban J connectivity index is 1.20. The molecule has 0 bridgehead atoms. The van der Waals surface area contributed by atoms with Gasteiger partial charge in [0.05, 0.1) is 17.5 Å². The fourth-order valence-corrected chi connectivity index (χ4v) is 5.83. The van der Waals surface area contributed by atoms with E-state index in [2.05, 4.69) is 53.7 Å². The zero-order valence-corrected chi connectivity index (χ0v) is 19.2. The first-order valence-corrected chi connectivity index (χ1v) is 12.1. The second-order valence-electron chi connectivity index (χ2n) is 9.53. The molecule has 2 unspecified atom stereocenters. The SMILES string of the molecule is CN1CCN(c2ccc(C(=O)N3CCCC4C3CCN4c3ncnc4[nH]ccc34)cc2)CC1. The molecule has 1 amide bonds. The molecule has 0 spiro atoms. The number of piperidine rings is 1. The topological polar surface area (TPSA) is 71.6 Å². The van der Waals surface area contributed by atoms with Crippen molar-refractivity contribution in [2.45, 2.75) is 31.3 Å². The molecule has 1 aromatic carbocycles. The maximum Gasteiger partial charge on any atom is 0.254 e. The normalized spacial score (nSPS) is 23.8. The van der Waals surface area contributed by atoms with Crippen LogP contribution in [0.15, 0.2) is 42.9 Å². The number of piperazine rings is 1. The van der Waals surface area contributed by atoms with E-state index in [1.54, 1.807) is 6.33 Å². The van der Waals surface area contributed by atoms with Crippen LogP contribution in [0, 0.1) is 0 Å². The zero-order chi connectivity index (χ0) is 22.4. The molecule has 0 saturated carbocycles. The van der Waals surface area contributed by atoms with Crippen molar-refractivity contribution >= 4 is 28.4 Å². The van der Waals surface area contributed by atoms with Crippen LogP contribution in [0.2, 0.25) is 0 Å². The molecule has 8 heteroatoms. The minimum absolute atomic E-state index is 0.158. The number of hydrogen-bond donors (Lipinski definition) is 1. The number of anilines is 2. The van der Waals surface area contributed by atoms with E-state index < -0.39 is 0 Å². The predicted molar refractivity (Wildman–Crippen MR) is 130 cm³/mol. The van der Waals surface area contributed by atoms with Crippen LogP contribution in [-0.2, 0) is 0 Å². The lowest BCUT2D eigenvalue weighted by atomic mass is 9.95. The molecular weight excluding hydrogens is 414 g/mol. The predicted octanol–water partition coefficient (Wildman–Crippen LogP) is 2.59. The minimum Gasteiger partial charge on any atom is -0.369 e. The molecule has 2 atom stereocenters. The summed E-state index contributed by atoms with van der Waals surface area (Å²) in [4.78, 5) is 35.0. The monoisotopic (exact) mass is 445 g/mol. The molecule has 2 aromatic heterocycles. The van der Waals surface area contributed by atoms with Gasteiger partial charge in [0.25, 0.3) is 5.91 Å². The van der Waals surface area contributed by atoms with Gasteiger partial charge in [0, 0.05) is 56.7 Å². The Hall–Kier alpha value is -3.13. The summed E-state index contributed by atoms with van der Waals surface area (Å²) in [5.74, 6) is 1.14. The molecule has 172 valence electrons. The first-order valence-electron chi connectivity index (χ1n) is 12.1. The van der Waals surface area contributed by atoms with Crippen molar-refractivity contribution in [2.75, 3.05) is 56.1 Å². The lowest BCUT2D eigenvalue weighted by Crippen LogP contribution is -2.52. The molecular formula is C25H31N7O. The highest BCUT2D eigenvalue weighted by molar-refractivity contribution is 5.95. The molecule has 5 heterocycles. The lowest BCUT2D eigenvalue weighted by Gasteiger charge is -2.40. The summed E-state index contributed by atoms with van der Waals surface area (Å²) in [6, 6.07) is 10.8. The molecule has 8 nitrogen and oxygen atoms in total. The molecule has 0 radical (unpaired) electrons. The van der Waals surface area contributed by atoms with Gasteiger partial charge in [-0.1, -0.05) is 0 Å². The number of rotatable bonds is 3. The number of aromatic amines is 1. The fourth-order valence-electron chi connectivity index (χ4n) is 5.83. The molecule has 3 aliphatic heterocycles. The molecule has 6 rings (SSSR count). The van der Waals surface area contributed by atoms with Crippen molar-refractivity contribution in [2.24, 2.45) is 0 Å². The number of nitrogens with zero attached hydrogens (tertiary/aromatic N) is 6. The van der Waals surface area contributed by atoms with Gasteiger partial charge < -0.3 is 24.6 Å². The average Bonchev–Trinajstić information content (AvgIpc) is 3.51. The highest BCUT2D eigenvalue weighted by Gasteiger charge is 2.43. The van der Waals surface area contributed by atoms with E-state index in [4.69, 9.17) is 0 Å². The number of fused-ring (bicyclic) bond motifs is 2. The zero-order valence-electron chi connectivity index (χ0n) is 19.2. The number of H-pyrrole nitrogens is 1. The standard InChI is InChI=1S/C25H31N7O/c1-29-13-15-30(16-14-29)19-6-4-18(5-7-19)25(33)32-11-2-3-21-22(32)9-12-31(21)24-20-8-10-26-23(20)27-17-28-24/h4-8,10,17,21-22H,2-3,9,11-16H2,1H3,(H,26,27,28). The summed E-state index contributed by atoms with van der Waals surface area (Å²) in [6.07, 6.45) is 6.64. The Morgan fingerprint density at radius 1 is 0.939 bits per heavy atom. The third-order valence-electron chi connectivity index (χ3n) is 7.66. The van der Waals surface area contributed by atoms with Crippen LogP contribution in [-0.4, -0.2) is 89.1 Å². The molecule has 33 heavy (non-hydrogen) atoms. The summed E-state index contributed by atoms with van der Waals surface area (Å²) >= 11 is 0. The van der Waals surface area contributed by atoms with Crippen molar-refractivity contribution in [3.8, 4) is 0 Å². The molecule has 3 aliphatic rings. The number of hydrogen-bond acceptors (Lipinski definition) is 6. The van der Waals surface area contributed by atoms with Crippen molar-refractivity contribution < 1.29 is 4.79 Å². The molecule has 1 N–H and O–H groups in total. The number of benzene rings is 1. The van der Waals surface area contributed by atoms with Crippen molar-refractivity contribution in [3.05, 3.63) is 48.4 Å². The summed E-state index contributed by atoms with van der Waals surface area (Å²) in [6.45, 7) is 5.97. The smallest absolute Gasteiger partial charge is 0.254 e. The van der Waals surface area contributed by atoms with Gasteiger partial charge in [-0.2, -0.15) is 0 Å². The Kier molecular flexibility index (Phi) is 5.17. The van der Waals surface area contributed by atoms with Gasteiger partial charge in [-0.3, -0.25) is 4.79 Å². The molecule has 3 saturated heterocycles. The first-order chi connectivity index (χ1) is 16.2. The van der Waals surface area contributed by atoms with Gasteiger partial charge in [0.15, 0.2) is 0 Å². The molecule has 3 fully saturated rings. The maximum atomic E-state index is 13.5. The van der Waals surface area contributed by atoms with Crippen LogP contribution in [0.1, 0.15) is 29.6 Å².